The van der Waals surface area contributed by atoms with Gasteiger partial charge in [-0.1, -0.05) is 0 Å². The SMILES string of the molecule is CNC(=O)c1c(-c2ccc(F)cc2)oc2cc(N(C)S(C)=O)c(-c3ccc(=O)n(C)c3)cc12. The summed E-state index contributed by atoms with van der Waals surface area (Å²) in [7, 11) is 3.51. The van der Waals surface area contributed by atoms with E-state index in [4.69, 9.17) is 4.42 Å². The molecular weight excluding hydrogens is 445 g/mol. The lowest BCUT2D eigenvalue weighted by Crippen LogP contribution is -2.20. The van der Waals surface area contributed by atoms with E-state index in [9.17, 15) is 18.2 Å². The Bertz CT molecular complexity index is 1460. The van der Waals surface area contributed by atoms with Crippen LogP contribution >= 0.6 is 0 Å². The summed E-state index contributed by atoms with van der Waals surface area (Å²) in [4.78, 5) is 24.8. The Morgan fingerprint density at radius 3 is 2.39 bits per heavy atom. The summed E-state index contributed by atoms with van der Waals surface area (Å²) >= 11 is 0. The van der Waals surface area contributed by atoms with Crippen molar-refractivity contribution in [1.29, 1.82) is 0 Å². The van der Waals surface area contributed by atoms with Gasteiger partial charge in [0.1, 0.15) is 28.1 Å². The Hall–Kier alpha value is -3.72. The van der Waals surface area contributed by atoms with Crippen molar-refractivity contribution in [3.8, 4) is 22.5 Å². The summed E-state index contributed by atoms with van der Waals surface area (Å²) in [5.74, 6) is -0.462. The zero-order chi connectivity index (χ0) is 23.9. The predicted octanol–water partition coefficient (Wildman–Crippen LogP) is 3.69. The molecule has 1 N–H and O–H groups in total. The Balaban J connectivity index is 2.07. The highest BCUT2D eigenvalue weighted by atomic mass is 32.2. The van der Waals surface area contributed by atoms with Gasteiger partial charge in [0.2, 0.25) is 5.56 Å². The number of nitrogens with one attached hydrogen (secondary N) is 1. The minimum atomic E-state index is -1.34. The summed E-state index contributed by atoms with van der Waals surface area (Å²) in [6, 6.07) is 12.3. The maximum Gasteiger partial charge on any atom is 0.255 e. The maximum absolute atomic E-state index is 13.5. The lowest BCUT2D eigenvalue weighted by atomic mass is 9.99. The first-order valence-corrected chi connectivity index (χ1v) is 11.6. The highest BCUT2D eigenvalue weighted by molar-refractivity contribution is 7.85. The number of halogens is 1. The number of fused-ring (bicyclic) bond motifs is 1. The molecule has 0 aliphatic carbocycles. The number of furan rings is 1. The number of aryl methyl sites for hydroxylation is 1. The molecule has 1 amide bonds. The van der Waals surface area contributed by atoms with Gasteiger partial charge in [-0.25, -0.2) is 8.60 Å². The van der Waals surface area contributed by atoms with Crippen LogP contribution < -0.4 is 15.2 Å². The lowest BCUT2D eigenvalue weighted by molar-refractivity contribution is 0.0964. The monoisotopic (exact) mass is 467 g/mol. The van der Waals surface area contributed by atoms with Crippen LogP contribution in [0.1, 0.15) is 10.4 Å². The highest BCUT2D eigenvalue weighted by Crippen LogP contribution is 2.40. The van der Waals surface area contributed by atoms with Crippen LogP contribution in [0.25, 0.3) is 33.4 Å². The maximum atomic E-state index is 13.5. The third-order valence-corrected chi connectivity index (χ3v) is 6.46. The van der Waals surface area contributed by atoms with Crippen LogP contribution in [0, 0.1) is 5.82 Å². The van der Waals surface area contributed by atoms with Crippen molar-refractivity contribution in [2.45, 2.75) is 0 Å². The zero-order valence-electron chi connectivity index (χ0n) is 18.5. The number of benzene rings is 2. The number of pyridine rings is 1. The van der Waals surface area contributed by atoms with Crippen molar-refractivity contribution < 1.29 is 17.8 Å². The second kappa shape index (κ2) is 8.67. The molecule has 2 aromatic heterocycles. The van der Waals surface area contributed by atoms with E-state index in [1.165, 1.54) is 29.8 Å². The van der Waals surface area contributed by atoms with Crippen molar-refractivity contribution in [3.63, 3.8) is 0 Å². The Morgan fingerprint density at radius 2 is 1.79 bits per heavy atom. The van der Waals surface area contributed by atoms with Crippen molar-refractivity contribution in [1.82, 2.24) is 9.88 Å². The fraction of sp³-hybridized carbons (Fsp3) is 0.167. The predicted molar refractivity (Wildman–Crippen MR) is 128 cm³/mol. The number of rotatable bonds is 5. The van der Waals surface area contributed by atoms with E-state index in [1.54, 1.807) is 61.2 Å². The van der Waals surface area contributed by atoms with Crippen LogP contribution in [0.4, 0.5) is 10.1 Å². The highest BCUT2D eigenvalue weighted by Gasteiger charge is 2.24. The number of nitrogens with zero attached hydrogens (tertiary/aromatic N) is 2. The van der Waals surface area contributed by atoms with Crippen LogP contribution in [0.5, 0.6) is 0 Å². The van der Waals surface area contributed by atoms with E-state index in [-0.39, 0.29) is 11.5 Å². The second-order valence-corrected chi connectivity index (χ2v) is 8.94. The van der Waals surface area contributed by atoms with E-state index in [1.807, 2.05) is 0 Å². The molecule has 0 fully saturated rings. The van der Waals surface area contributed by atoms with Gasteiger partial charge in [0.15, 0.2) is 0 Å². The summed E-state index contributed by atoms with van der Waals surface area (Å²) in [6.45, 7) is 0. The molecule has 170 valence electrons. The summed E-state index contributed by atoms with van der Waals surface area (Å²) in [5.41, 5.74) is 3.08. The van der Waals surface area contributed by atoms with E-state index >= 15 is 0 Å². The minimum absolute atomic E-state index is 0.165. The van der Waals surface area contributed by atoms with Crippen molar-refractivity contribution in [3.05, 3.63) is 76.5 Å². The molecule has 0 saturated carbocycles. The van der Waals surface area contributed by atoms with Gasteiger partial charge in [0.05, 0.1) is 11.3 Å². The fourth-order valence-corrected chi connectivity index (χ4v) is 4.10. The quantitative estimate of drug-likeness (QED) is 0.485. The number of aromatic nitrogens is 1. The van der Waals surface area contributed by atoms with Crippen LogP contribution in [0.2, 0.25) is 0 Å². The summed E-state index contributed by atoms with van der Waals surface area (Å²) in [6.07, 6.45) is 3.23. The van der Waals surface area contributed by atoms with Gasteiger partial charge in [-0.05, 0) is 36.4 Å². The first kappa shape index (κ1) is 22.5. The Kier molecular flexibility index (Phi) is 5.90. The van der Waals surface area contributed by atoms with Crippen molar-refractivity contribution in [2.24, 2.45) is 7.05 Å². The average Bonchev–Trinajstić information content (AvgIpc) is 3.17. The molecule has 7 nitrogen and oxygen atoms in total. The Morgan fingerprint density at radius 1 is 1.12 bits per heavy atom. The van der Waals surface area contributed by atoms with E-state index in [0.717, 1.165) is 0 Å². The van der Waals surface area contributed by atoms with Gasteiger partial charge in [-0.15, -0.1) is 0 Å². The average molecular weight is 468 g/mol. The molecule has 2 heterocycles. The number of hydrogen-bond acceptors (Lipinski definition) is 4. The molecule has 0 spiro atoms. The standard InChI is InChI=1S/C24H22FN3O4S/c1-26-24(30)22-18-11-17(15-7-10-21(29)27(2)13-15)19(28(3)33(4)31)12-20(18)32-23(22)14-5-8-16(25)9-6-14/h5-13H,1-4H3,(H,26,30). The molecule has 0 radical (unpaired) electrons. The normalized spacial score (nSPS) is 12.0. The summed E-state index contributed by atoms with van der Waals surface area (Å²) in [5, 5.41) is 3.17. The molecule has 1 atom stereocenters. The molecular formula is C24H22FN3O4S. The topological polar surface area (TPSA) is 84.6 Å². The first-order chi connectivity index (χ1) is 15.7. The van der Waals surface area contributed by atoms with Crippen molar-refractivity contribution >= 4 is 33.5 Å². The number of carbonyl (C=O) groups is 1. The third-order valence-electron chi connectivity index (χ3n) is 5.49. The third kappa shape index (κ3) is 4.07. The number of hydrogen-bond donors (Lipinski definition) is 1. The summed E-state index contributed by atoms with van der Waals surface area (Å²) < 4.78 is 34.9. The zero-order valence-corrected chi connectivity index (χ0v) is 19.3. The van der Waals surface area contributed by atoms with Crippen LogP contribution in [0.3, 0.4) is 0 Å². The van der Waals surface area contributed by atoms with E-state index < -0.39 is 16.8 Å². The first-order valence-electron chi connectivity index (χ1n) is 10.0. The van der Waals surface area contributed by atoms with Crippen LogP contribution in [-0.2, 0) is 18.0 Å². The fourth-order valence-electron chi connectivity index (χ4n) is 3.67. The number of amides is 1. The molecule has 4 aromatic rings. The van der Waals surface area contributed by atoms with E-state index in [0.29, 0.717) is 44.7 Å². The molecule has 2 aromatic carbocycles. The smallest absolute Gasteiger partial charge is 0.255 e. The molecule has 0 aliphatic rings. The molecule has 4 rings (SSSR count). The van der Waals surface area contributed by atoms with Crippen LogP contribution in [0.15, 0.2) is 63.9 Å². The van der Waals surface area contributed by atoms with Gasteiger partial charge < -0.3 is 14.3 Å². The largest absolute Gasteiger partial charge is 0.455 e. The molecule has 33 heavy (non-hydrogen) atoms. The van der Waals surface area contributed by atoms with Gasteiger partial charge in [-0.2, -0.15) is 0 Å². The van der Waals surface area contributed by atoms with Gasteiger partial charge in [0, 0.05) is 67.8 Å². The lowest BCUT2D eigenvalue weighted by Gasteiger charge is -2.20. The van der Waals surface area contributed by atoms with E-state index in [2.05, 4.69) is 5.32 Å². The van der Waals surface area contributed by atoms with Gasteiger partial charge >= 0.3 is 0 Å². The minimum Gasteiger partial charge on any atom is -0.455 e. The van der Waals surface area contributed by atoms with Gasteiger partial charge in [0.25, 0.3) is 5.91 Å². The Labute approximate surface area is 192 Å². The van der Waals surface area contributed by atoms with Gasteiger partial charge in [-0.3, -0.25) is 13.9 Å². The van der Waals surface area contributed by atoms with Crippen molar-refractivity contribution in [2.75, 3.05) is 24.7 Å². The molecule has 0 aliphatic heterocycles. The second-order valence-electron chi connectivity index (χ2n) is 7.55. The molecule has 0 saturated heterocycles. The molecule has 0 bridgehead atoms. The number of anilines is 1. The molecule has 1 unspecified atom stereocenters. The number of carbonyl (C=O) groups excluding carboxylic acids is 1. The molecule has 9 heteroatoms. The van der Waals surface area contributed by atoms with Crippen LogP contribution in [-0.4, -0.2) is 35.0 Å².